The second kappa shape index (κ2) is 10.7. The third-order valence-corrected chi connectivity index (χ3v) is 2.67. The Bertz CT molecular complexity index is 497. The number of allylic oxidation sites excluding steroid dienone is 3. The number of hydrogen-bond acceptors (Lipinski definition) is 3. The Morgan fingerprint density at radius 1 is 1.14 bits per heavy atom. The Balaban J connectivity index is 0.000000382. The van der Waals surface area contributed by atoms with Crippen LogP contribution in [0.3, 0.4) is 0 Å². The summed E-state index contributed by atoms with van der Waals surface area (Å²) in [5.74, 6) is -1.31. The van der Waals surface area contributed by atoms with Gasteiger partial charge < -0.3 is 15.3 Å². The number of carboxylic acid groups (broad SMARTS) is 1. The zero-order valence-electron chi connectivity index (χ0n) is 12.8. The van der Waals surface area contributed by atoms with Crippen LogP contribution in [0.25, 0.3) is 0 Å². The molecule has 21 heavy (non-hydrogen) atoms. The van der Waals surface area contributed by atoms with Gasteiger partial charge >= 0.3 is 5.97 Å². The lowest BCUT2D eigenvalue weighted by molar-refractivity contribution is 0.0693. The molecule has 4 heteroatoms. The number of hydrogen-bond donors (Lipinski definition) is 3. The zero-order chi connectivity index (χ0) is 16.3. The lowest BCUT2D eigenvalue weighted by Gasteiger charge is -1.96. The van der Waals surface area contributed by atoms with Crippen LogP contribution in [-0.4, -0.2) is 27.9 Å². The van der Waals surface area contributed by atoms with Gasteiger partial charge in [-0.3, -0.25) is 0 Å². The number of benzene rings is 1. The van der Waals surface area contributed by atoms with Gasteiger partial charge in [0.05, 0.1) is 6.61 Å². The SMILES string of the molecule is CC(C)=CCC/C(C)=C/CO.O=C(O)c1ccccc1O. The summed E-state index contributed by atoms with van der Waals surface area (Å²) in [5, 5.41) is 25.9. The summed E-state index contributed by atoms with van der Waals surface area (Å²) in [6, 6.07) is 5.81. The molecule has 1 rings (SSSR count). The summed E-state index contributed by atoms with van der Waals surface area (Å²) in [4.78, 5) is 10.3. The first-order chi connectivity index (χ1) is 9.88. The highest BCUT2D eigenvalue weighted by Gasteiger charge is 2.05. The maximum atomic E-state index is 10.3. The van der Waals surface area contributed by atoms with Crippen molar-refractivity contribution in [1.82, 2.24) is 0 Å². The van der Waals surface area contributed by atoms with Crippen LogP contribution in [0.4, 0.5) is 0 Å². The Morgan fingerprint density at radius 2 is 1.76 bits per heavy atom. The van der Waals surface area contributed by atoms with Crippen molar-refractivity contribution in [2.24, 2.45) is 0 Å². The molecule has 0 saturated carbocycles. The van der Waals surface area contributed by atoms with E-state index in [9.17, 15) is 4.79 Å². The smallest absolute Gasteiger partial charge is 0.339 e. The minimum Gasteiger partial charge on any atom is -0.507 e. The molecular formula is C17H24O4. The number of aromatic carboxylic acids is 1. The number of carbonyl (C=O) groups is 1. The lowest BCUT2D eigenvalue weighted by atomic mass is 10.1. The second-order valence-electron chi connectivity index (χ2n) is 4.88. The lowest BCUT2D eigenvalue weighted by Crippen LogP contribution is -1.95. The molecule has 4 nitrogen and oxygen atoms in total. The van der Waals surface area contributed by atoms with Crippen LogP contribution in [0, 0.1) is 0 Å². The van der Waals surface area contributed by atoms with Crippen LogP contribution in [0.5, 0.6) is 5.75 Å². The summed E-state index contributed by atoms with van der Waals surface area (Å²) in [6.45, 7) is 6.42. The van der Waals surface area contributed by atoms with Crippen LogP contribution >= 0.6 is 0 Å². The van der Waals surface area contributed by atoms with E-state index in [0.29, 0.717) is 0 Å². The van der Waals surface area contributed by atoms with Gasteiger partial charge in [0.15, 0.2) is 0 Å². The van der Waals surface area contributed by atoms with E-state index in [1.54, 1.807) is 12.1 Å². The first-order valence-electron chi connectivity index (χ1n) is 6.79. The molecule has 0 aliphatic rings. The van der Waals surface area contributed by atoms with E-state index < -0.39 is 5.97 Å². The molecule has 0 radical (unpaired) electrons. The molecule has 116 valence electrons. The van der Waals surface area contributed by atoms with Gasteiger partial charge in [0.25, 0.3) is 0 Å². The maximum absolute atomic E-state index is 10.3. The van der Waals surface area contributed by atoms with Crippen molar-refractivity contribution in [2.45, 2.75) is 33.6 Å². The van der Waals surface area contributed by atoms with Crippen LogP contribution < -0.4 is 0 Å². The van der Waals surface area contributed by atoms with Crippen molar-refractivity contribution in [3.8, 4) is 5.75 Å². The van der Waals surface area contributed by atoms with E-state index in [1.807, 2.05) is 6.08 Å². The van der Waals surface area contributed by atoms with E-state index in [1.165, 1.54) is 23.3 Å². The molecule has 0 heterocycles. The van der Waals surface area contributed by atoms with Crippen LogP contribution in [-0.2, 0) is 0 Å². The molecular weight excluding hydrogens is 268 g/mol. The first kappa shape index (κ1) is 18.9. The summed E-state index contributed by atoms with van der Waals surface area (Å²) < 4.78 is 0. The van der Waals surface area contributed by atoms with Crippen LogP contribution in [0.2, 0.25) is 0 Å². The number of phenols is 1. The molecule has 0 spiro atoms. The van der Waals surface area contributed by atoms with Gasteiger partial charge in [0.1, 0.15) is 11.3 Å². The quantitative estimate of drug-likeness (QED) is 0.722. The molecule has 0 aromatic heterocycles. The average Bonchev–Trinajstić information content (AvgIpc) is 2.39. The van der Waals surface area contributed by atoms with Crippen molar-refractivity contribution in [1.29, 1.82) is 0 Å². The highest BCUT2D eigenvalue weighted by Crippen LogP contribution is 2.14. The summed E-state index contributed by atoms with van der Waals surface area (Å²) in [7, 11) is 0. The van der Waals surface area contributed by atoms with Gasteiger partial charge in [-0.15, -0.1) is 0 Å². The van der Waals surface area contributed by atoms with Gasteiger partial charge in [0.2, 0.25) is 0 Å². The van der Waals surface area contributed by atoms with E-state index in [0.717, 1.165) is 12.8 Å². The normalized spacial score (nSPS) is 10.4. The standard InChI is InChI=1S/C10H18O.C7H6O3/c1-9(2)5-4-6-10(3)7-8-11;8-6-4-2-1-3-5(6)7(9)10/h5,7,11H,4,6,8H2,1-3H3;1-4,8H,(H,9,10)/b10-7+;. The minimum absolute atomic E-state index is 0.0671. The van der Waals surface area contributed by atoms with Crippen LogP contribution in [0.1, 0.15) is 44.0 Å². The van der Waals surface area contributed by atoms with Gasteiger partial charge in [0, 0.05) is 0 Å². The number of aromatic hydroxyl groups is 1. The molecule has 3 N–H and O–H groups in total. The Hall–Kier alpha value is -2.07. The molecule has 0 aliphatic heterocycles. The second-order valence-corrected chi connectivity index (χ2v) is 4.88. The zero-order valence-corrected chi connectivity index (χ0v) is 12.8. The Morgan fingerprint density at radius 3 is 2.19 bits per heavy atom. The molecule has 0 amide bonds. The summed E-state index contributed by atoms with van der Waals surface area (Å²) >= 11 is 0. The third kappa shape index (κ3) is 9.46. The largest absolute Gasteiger partial charge is 0.507 e. The van der Waals surface area contributed by atoms with Crippen molar-refractivity contribution < 1.29 is 20.1 Å². The maximum Gasteiger partial charge on any atom is 0.339 e. The molecule has 1 aromatic carbocycles. The van der Waals surface area contributed by atoms with E-state index in [-0.39, 0.29) is 17.9 Å². The highest BCUT2D eigenvalue weighted by atomic mass is 16.4. The number of carboxylic acids is 1. The van der Waals surface area contributed by atoms with Crippen molar-refractivity contribution >= 4 is 5.97 Å². The van der Waals surface area contributed by atoms with Gasteiger partial charge in [-0.1, -0.05) is 35.4 Å². The molecule has 0 atom stereocenters. The van der Waals surface area contributed by atoms with Crippen molar-refractivity contribution in [3.63, 3.8) is 0 Å². The number of aliphatic hydroxyl groups is 1. The Kier molecular flexibility index (Phi) is 9.63. The molecule has 0 fully saturated rings. The Labute approximate surface area is 126 Å². The molecule has 0 saturated heterocycles. The topological polar surface area (TPSA) is 77.8 Å². The summed E-state index contributed by atoms with van der Waals surface area (Å²) in [6.07, 6.45) is 6.23. The predicted octanol–water partition coefficient (Wildman–Crippen LogP) is 3.76. The van der Waals surface area contributed by atoms with Crippen LogP contribution in [0.15, 0.2) is 47.6 Å². The molecule has 0 aliphatic carbocycles. The van der Waals surface area contributed by atoms with E-state index in [2.05, 4.69) is 26.8 Å². The number of para-hydroxylation sites is 1. The summed E-state index contributed by atoms with van der Waals surface area (Å²) in [5.41, 5.74) is 2.56. The minimum atomic E-state index is -1.11. The molecule has 0 bridgehead atoms. The van der Waals surface area contributed by atoms with Crippen molar-refractivity contribution in [3.05, 3.63) is 53.1 Å². The fourth-order valence-corrected chi connectivity index (χ4v) is 1.50. The number of aliphatic hydroxyl groups excluding tert-OH is 1. The fourth-order valence-electron chi connectivity index (χ4n) is 1.50. The average molecular weight is 292 g/mol. The third-order valence-electron chi connectivity index (χ3n) is 2.67. The van der Waals surface area contributed by atoms with E-state index >= 15 is 0 Å². The van der Waals surface area contributed by atoms with Gasteiger partial charge in [-0.05, 0) is 45.7 Å². The molecule has 1 aromatic rings. The first-order valence-corrected chi connectivity index (χ1v) is 6.79. The highest BCUT2D eigenvalue weighted by molar-refractivity contribution is 5.90. The number of rotatable bonds is 5. The van der Waals surface area contributed by atoms with E-state index in [4.69, 9.17) is 15.3 Å². The van der Waals surface area contributed by atoms with Crippen molar-refractivity contribution in [2.75, 3.05) is 6.61 Å². The fraction of sp³-hybridized carbons (Fsp3) is 0.353. The monoisotopic (exact) mass is 292 g/mol. The predicted molar refractivity (Wildman–Crippen MR) is 84.6 cm³/mol. The van der Waals surface area contributed by atoms with Gasteiger partial charge in [-0.25, -0.2) is 4.79 Å². The van der Waals surface area contributed by atoms with Gasteiger partial charge in [-0.2, -0.15) is 0 Å². The molecule has 0 unspecified atom stereocenters.